The number of amides is 2. The first-order chi connectivity index (χ1) is 8.11. The maximum absolute atomic E-state index is 12.2. The van der Waals surface area contributed by atoms with Crippen molar-refractivity contribution in [3.8, 4) is 0 Å². The lowest BCUT2D eigenvalue weighted by Gasteiger charge is -2.30. The van der Waals surface area contributed by atoms with Crippen LogP contribution in [0, 0.1) is 0 Å². The zero-order valence-electron chi connectivity index (χ0n) is 9.96. The Labute approximate surface area is 100 Å². The molecule has 0 radical (unpaired) electrons. The Bertz CT molecular complexity index is 315. The molecule has 2 atom stereocenters. The van der Waals surface area contributed by atoms with Crippen molar-refractivity contribution in [2.24, 2.45) is 0 Å². The molecule has 1 unspecified atom stereocenters. The molecular formula is C11H18N2O4. The highest BCUT2D eigenvalue weighted by molar-refractivity contribution is 5.83. The molecule has 0 bridgehead atoms. The first-order valence-corrected chi connectivity index (χ1v) is 5.95. The molecule has 0 saturated carbocycles. The average molecular weight is 242 g/mol. The van der Waals surface area contributed by atoms with E-state index in [4.69, 9.17) is 9.84 Å². The summed E-state index contributed by atoms with van der Waals surface area (Å²) in [5.41, 5.74) is 0. The van der Waals surface area contributed by atoms with Crippen LogP contribution in [0.3, 0.4) is 0 Å². The van der Waals surface area contributed by atoms with Gasteiger partial charge in [0.15, 0.2) is 0 Å². The fraction of sp³-hybridized carbons (Fsp3) is 0.818. The van der Waals surface area contributed by atoms with Gasteiger partial charge < -0.3 is 19.6 Å². The van der Waals surface area contributed by atoms with Crippen LogP contribution >= 0.6 is 0 Å². The minimum atomic E-state index is -0.910. The predicted octanol–water partition coefficient (Wildman–Crippen LogP) is 0.376. The van der Waals surface area contributed by atoms with Crippen LogP contribution in [0.15, 0.2) is 0 Å². The van der Waals surface area contributed by atoms with Gasteiger partial charge in [-0.15, -0.1) is 0 Å². The van der Waals surface area contributed by atoms with Crippen LogP contribution in [0.25, 0.3) is 0 Å². The molecule has 6 heteroatoms. The summed E-state index contributed by atoms with van der Waals surface area (Å²) in [7, 11) is 1.72. The second-order valence-corrected chi connectivity index (χ2v) is 4.60. The van der Waals surface area contributed by atoms with Crippen molar-refractivity contribution < 1.29 is 19.4 Å². The molecule has 2 heterocycles. The molecule has 96 valence electrons. The van der Waals surface area contributed by atoms with Crippen molar-refractivity contribution in [2.75, 3.05) is 26.8 Å². The number of likely N-dealkylation sites (tertiary alicyclic amines) is 1. The molecule has 2 fully saturated rings. The summed E-state index contributed by atoms with van der Waals surface area (Å²) in [6, 6.07) is -0.768. The molecule has 2 saturated heterocycles. The SMILES string of the molecule is CN(C(=O)N1CCC[C@@H]1C(=O)O)C1CCOC1. The Hall–Kier alpha value is -1.30. The van der Waals surface area contributed by atoms with E-state index in [1.165, 1.54) is 4.90 Å². The Kier molecular flexibility index (Phi) is 3.51. The molecule has 2 aliphatic heterocycles. The summed E-state index contributed by atoms with van der Waals surface area (Å²) in [6.45, 7) is 1.76. The van der Waals surface area contributed by atoms with E-state index in [0.29, 0.717) is 26.2 Å². The first-order valence-electron chi connectivity index (χ1n) is 5.95. The van der Waals surface area contributed by atoms with Crippen molar-refractivity contribution in [2.45, 2.75) is 31.3 Å². The molecule has 0 aliphatic carbocycles. The van der Waals surface area contributed by atoms with Gasteiger partial charge in [0, 0.05) is 20.2 Å². The molecule has 2 aliphatic rings. The quantitative estimate of drug-likeness (QED) is 0.759. The minimum absolute atomic E-state index is 0.0811. The minimum Gasteiger partial charge on any atom is -0.480 e. The van der Waals surface area contributed by atoms with Gasteiger partial charge in [-0.25, -0.2) is 9.59 Å². The van der Waals surface area contributed by atoms with Gasteiger partial charge in [0.2, 0.25) is 0 Å². The fourth-order valence-corrected chi connectivity index (χ4v) is 2.44. The van der Waals surface area contributed by atoms with Gasteiger partial charge in [-0.3, -0.25) is 0 Å². The van der Waals surface area contributed by atoms with Gasteiger partial charge in [-0.1, -0.05) is 0 Å². The molecule has 0 aromatic rings. The van der Waals surface area contributed by atoms with Crippen LogP contribution in [0.4, 0.5) is 4.79 Å². The van der Waals surface area contributed by atoms with Crippen molar-refractivity contribution in [1.29, 1.82) is 0 Å². The summed E-state index contributed by atoms with van der Waals surface area (Å²) in [5, 5.41) is 9.04. The summed E-state index contributed by atoms with van der Waals surface area (Å²) < 4.78 is 5.24. The Morgan fingerprint density at radius 2 is 2.18 bits per heavy atom. The predicted molar refractivity (Wildman–Crippen MR) is 59.7 cm³/mol. The number of nitrogens with zero attached hydrogens (tertiary/aromatic N) is 2. The van der Waals surface area contributed by atoms with Crippen LogP contribution in [0.2, 0.25) is 0 Å². The number of carbonyl (C=O) groups excluding carboxylic acids is 1. The van der Waals surface area contributed by atoms with Crippen LogP contribution < -0.4 is 0 Å². The van der Waals surface area contributed by atoms with Crippen molar-refractivity contribution in [3.05, 3.63) is 0 Å². The molecule has 0 aromatic carbocycles. The van der Waals surface area contributed by atoms with Crippen molar-refractivity contribution >= 4 is 12.0 Å². The highest BCUT2D eigenvalue weighted by atomic mass is 16.5. The third kappa shape index (κ3) is 2.36. The summed E-state index contributed by atoms with van der Waals surface area (Å²) in [5.74, 6) is -0.910. The normalized spacial score (nSPS) is 28.4. The Morgan fingerprint density at radius 3 is 2.76 bits per heavy atom. The first kappa shape index (κ1) is 12.2. The standard InChI is InChI=1S/C11H18N2O4/c1-12(8-4-6-17-7-8)11(16)13-5-2-3-9(13)10(14)15/h8-9H,2-7H2,1H3,(H,14,15)/t8?,9-/m1/s1. The van der Waals surface area contributed by atoms with Crippen LogP contribution in [-0.4, -0.2) is 65.8 Å². The highest BCUT2D eigenvalue weighted by Gasteiger charge is 2.37. The van der Waals surface area contributed by atoms with Gasteiger partial charge in [0.05, 0.1) is 12.6 Å². The van der Waals surface area contributed by atoms with Crippen LogP contribution in [0.1, 0.15) is 19.3 Å². The third-order valence-corrected chi connectivity index (χ3v) is 3.54. The van der Waals surface area contributed by atoms with Crippen molar-refractivity contribution in [3.63, 3.8) is 0 Å². The molecular weight excluding hydrogens is 224 g/mol. The Morgan fingerprint density at radius 1 is 1.41 bits per heavy atom. The van der Waals surface area contributed by atoms with Gasteiger partial charge in [-0.2, -0.15) is 0 Å². The molecule has 0 aromatic heterocycles. The lowest BCUT2D eigenvalue weighted by molar-refractivity contribution is -0.141. The largest absolute Gasteiger partial charge is 0.480 e. The number of carbonyl (C=O) groups is 2. The van der Waals surface area contributed by atoms with E-state index in [-0.39, 0.29) is 12.1 Å². The second-order valence-electron chi connectivity index (χ2n) is 4.60. The second kappa shape index (κ2) is 4.91. The molecule has 0 spiro atoms. The van der Waals surface area contributed by atoms with Crippen molar-refractivity contribution in [1.82, 2.24) is 9.80 Å². The maximum Gasteiger partial charge on any atom is 0.326 e. The third-order valence-electron chi connectivity index (χ3n) is 3.54. The topological polar surface area (TPSA) is 70.1 Å². The maximum atomic E-state index is 12.2. The number of carboxylic acids is 1. The highest BCUT2D eigenvalue weighted by Crippen LogP contribution is 2.21. The van der Waals surface area contributed by atoms with Crippen LogP contribution in [0.5, 0.6) is 0 Å². The van der Waals surface area contributed by atoms with Gasteiger partial charge in [0.25, 0.3) is 0 Å². The van der Waals surface area contributed by atoms with E-state index in [2.05, 4.69) is 0 Å². The summed E-state index contributed by atoms with van der Waals surface area (Å²) >= 11 is 0. The van der Waals surface area contributed by atoms with Gasteiger partial charge >= 0.3 is 12.0 Å². The summed E-state index contributed by atoms with van der Waals surface area (Å²) in [4.78, 5) is 26.3. The number of urea groups is 1. The van der Waals surface area contributed by atoms with E-state index in [1.807, 2.05) is 0 Å². The smallest absolute Gasteiger partial charge is 0.326 e. The average Bonchev–Trinajstić information content (AvgIpc) is 2.97. The molecule has 6 nitrogen and oxygen atoms in total. The molecule has 2 amide bonds. The fourth-order valence-electron chi connectivity index (χ4n) is 2.44. The number of carboxylic acid groups (broad SMARTS) is 1. The lowest BCUT2D eigenvalue weighted by Crippen LogP contribution is -2.50. The number of hydrogen-bond donors (Lipinski definition) is 1. The van der Waals surface area contributed by atoms with E-state index >= 15 is 0 Å². The number of hydrogen-bond acceptors (Lipinski definition) is 3. The van der Waals surface area contributed by atoms with E-state index in [1.54, 1.807) is 11.9 Å². The molecule has 17 heavy (non-hydrogen) atoms. The number of ether oxygens (including phenoxy) is 1. The zero-order valence-corrected chi connectivity index (χ0v) is 9.96. The molecule has 2 rings (SSSR count). The van der Waals surface area contributed by atoms with E-state index in [0.717, 1.165) is 12.8 Å². The number of aliphatic carboxylic acids is 1. The lowest BCUT2D eigenvalue weighted by atomic mass is 10.2. The van der Waals surface area contributed by atoms with Crippen LogP contribution in [-0.2, 0) is 9.53 Å². The number of likely N-dealkylation sites (N-methyl/N-ethyl adjacent to an activating group) is 1. The Balaban J connectivity index is 2.00. The number of rotatable bonds is 2. The van der Waals surface area contributed by atoms with E-state index < -0.39 is 12.0 Å². The van der Waals surface area contributed by atoms with Gasteiger partial charge in [0.1, 0.15) is 6.04 Å². The molecule has 1 N–H and O–H groups in total. The van der Waals surface area contributed by atoms with Gasteiger partial charge in [-0.05, 0) is 19.3 Å². The zero-order chi connectivity index (χ0) is 12.4. The van der Waals surface area contributed by atoms with E-state index in [9.17, 15) is 9.59 Å². The monoisotopic (exact) mass is 242 g/mol. The summed E-state index contributed by atoms with van der Waals surface area (Å²) in [6.07, 6.45) is 2.14.